The van der Waals surface area contributed by atoms with Gasteiger partial charge in [0.15, 0.2) is 0 Å². The maximum atomic E-state index is 11.7. The zero-order valence-electron chi connectivity index (χ0n) is 8.41. The molecule has 0 saturated heterocycles. The van der Waals surface area contributed by atoms with E-state index in [9.17, 15) is 8.78 Å². The summed E-state index contributed by atoms with van der Waals surface area (Å²) in [6.45, 7) is 2.19. The summed E-state index contributed by atoms with van der Waals surface area (Å²) in [6, 6.07) is 0. The fourth-order valence-electron chi connectivity index (χ4n) is 0.954. The summed E-state index contributed by atoms with van der Waals surface area (Å²) in [6.07, 6.45) is 0.604. The molecule has 1 aromatic rings. The molecule has 84 valence electrons. The predicted octanol–water partition coefficient (Wildman–Crippen LogP) is 1.69. The van der Waals surface area contributed by atoms with E-state index in [2.05, 4.69) is 15.3 Å². The molecule has 15 heavy (non-hydrogen) atoms. The second-order valence-electron chi connectivity index (χ2n) is 2.83. The number of halogens is 2. The highest BCUT2D eigenvalue weighted by Gasteiger charge is 2.03. The normalized spacial score (nSPS) is 10.7. The van der Waals surface area contributed by atoms with Crippen LogP contribution in [0, 0.1) is 0 Å². The standard InChI is InChI=1S/C9H13F2N3O/c1-2-12-9-4-13-7(3-14-9)5-15-6-8(10)11/h3-4,8H,2,5-6H2,1H3,(H,12,14). The van der Waals surface area contributed by atoms with Crippen molar-refractivity contribution in [3.8, 4) is 0 Å². The van der Waals surface area contributed by atoms with Crippen molar-refractivity contribution in [1.82, 2.24) is 9.97 Å². The van der Waals surface area contributed by atoms with E-state index in [0.717, 1.165) is 6.54 Å². The van der Waals surface area contributed by atoms with E-state index in [1.54, 1.807) is 6.20 Å². The Hall–Kier alpha value is -1.30. The summed E-state index contributed by atoms with van der Waals surface area (Å²) in [5.41, 5.74) is 0.539. The minimum atomic E-state index is -2.45. The first kappa shape index (κ1) is 11.8. The molecule has 0 fully saturated rings. The van der Waals surface area contributed by atoms with E-state index in [1.807, 2.05) is 6.92 Å². The lowest BCUT2D eigenvalue weighted by Gasteiger charge is -2.04. The van der Waals surface area contributed by atoms with Crippen molar-refractivity contribution in [2.75, 3.05) is 18.5 Å². The third-order valence-electron chi connectivity index (χ3n) is 1.56. The number of ether oxygens (including phenoxy) is 1. The summed E-state index contributed by atoms with van der Waals surface area (Å²) in [7, 11) is 0. The van der Waals surface area contributed by atoms with Gasteiger partial charge in [0, 0.05) is 6.54 Å². The molecule has 1 heterocycles. The number of aromatic nitrogens is 2. The summed E-state index contributed by atoms with van der Waals surface area (Å²) in [5, 5.41) is 2.97. The van der Waals surface area contributed by atoms with Crippen molar-refractivity contribution in [2.45, 2.75) is 20.0 Å². The Kier molecular flexibility index (Phi) is 4.89. The van der Waals surface area contributed by atoms with Gasteiger partial charge in [-0.2, -0.15) is 0 Å². The van der Waals surface area contributed by atoms with E-state index in [0.29, 0.717) is 11.5 Å². The van der Waals surface area contributed by atoms with Crippen molar-refractivity contribution < 1.29 is 13.5 Å². The molecule has 0 aliphatic carbocycles. The number of nitrogens with one attached hydrogen (secondary N) is 1. The molecular formula is C9H13F2N3O. The lowest BCUT2D eigenvalue weighted by atomic mass is 10.5. The van der Waals surface area contributed by atoms with E-state index in [1.165, 1.54) is 6.20 Å². The molecule has 0 aliphatic rings. The second kappa shape index (κ2) is 6.23. The monoisotopic (exact) mass is 217 g/mol. The number of hydrogen-bond donors (Lipinski definition) is 1. The van der Waals surface area contributed by atoms with Crippen LogP contribution in [-0.4, -0.2) is 29.5 Å². The van der Waals surface area contributed by atoms with Crippen LogP contribution in [0.3, 0.4) is 0 Å². The van der Waals surface area contributed by atoms with Gasteiger partial charge in [-0.05, 0) is 6.92 Å². The molecular weight excluding hydrogens is 204 g/mol. The van der Waals surface area contributed by atoms with Gasteiger partial charge in [0.1, 0.15) is 12.4 Å². The van der Waals surface area contributed by atoms with Gasteiger partial charge in [-0.25, -0.2) is 13.8 Å². The maximum absolute atomic E-state index is 11.7. The Morgan fingerprint density at radius 1 is 1.40 bits per heavy atom. The van der Waals surface area contributed by atoms with E-state index in [4.69, 9.17) is 4.74 Å². The Bertz CT molecular complexity index is 279. The van der Waals surface area contributed by atoms with Crippen LogP contribution in [0.2, 0.25) is 0 Å². The minimum absolute atomic E-state index is 0.0593. The Morgan fingerprint density at radius 3 is 2.73 bits per heavy atom. The van der Waals surface area contributed by atoms with E-state index >= 15 is 0 Å². The van der Waals surface area contributed by atoms with Gasteiger partial charge >= 0.3 is 0 Å². The molecule has 4 nitrogen and oxygen atoms in total. The molecule has 6 heteroatoms. The SMILES string of the molecule is CCNc1cnc(COCC(F)F)cn1. The Labute approximate surface area is 86.7 Å². The molecule has 0 saturated carbocycles. The average Bonchev–Trinajstić information content (AvgIpc) is 2.20. The molecule has 1 N–H and O–H groups in total. The molecule has 1 aromatic heterocycles. The first-order valence-corrected chi connectivity index (χ1v) is 4.63. The first-order valence-electron chi connectivity index (χ1n) is 4.63. The third-order valence-corrected chi connectivity index (χ3v) is 1.56. The summed E-state index contributed by atoms with van der Waals surface area (Å²) >= 11 is 0. The Balaban J connectivity index is 2.36. The van der Waals surface area contributed by atoms with E-state index < -0.39 is 13.0 Å². The van der Waals surface area contributed by atoms with Crippen LogP contribution in [0.25, 0.3) is 0 Å². The molecule has 0 bridgehead atoms. The van der Waals surface area contributed by atoms with Crippen molar-refractivity contribution in [3.63, 3.8) is 0 Å². The van der Waals surface area contributed by atoms with Crippen LogP contribution in [0.5, 0.6) is 0 Å². The first-order chi connectivity index (χ1) is 7.22. The van der Waals surface area contributed by atoms with Crippen LogP contribution in [0.1, 0.15) is 12.6 Å². The average molecular weight is 217 g/mol. The minimum Gasteiger partial charge on any atom is -0.369 e. The van der Waals surface area contributed by atoms with E-state index in [-0.39, 0.29) is 6.61 Å². The van der Waals surface area contributed by atoms with Gasteiger partial charge in [0.05, 0.1) is 24.7 Å². The number of anilines is 1. The molecule has 0 unspecified atom stereocenters. The number of rotatable bonds is 6. The van der Waals surface area contributed by atoms with Crippen molar-refractivity contribution in [2.24, 2.45) is 0 Å². The smallest absolute Gasteiger partial charge is 0.261 e. The van der Waals surface area contributed by atoms with Gasteiger partial charge in [0.2, 0.25) is 0 Å². The van der Waals surface area contributed by atoms with Crippen LogP contribution in [0.4, 0.5) is 14.6 Å². The van der Waals surface area contributed by atoms with Gasteiger partial charge < -0.3 is 10.1 Å². The number of alkyl halides is 2. The van der Waals surface area contributed by atoms with Crippen LogP contribution in [0.15, 0.2) is 12.4 Å². The predicted molar refractivity (Wildman–Crippen MR) is 51.9 cm³/mol. The van der Waals surface area contributed by atoms with Crippen molar-refractivity contribution in [3.05, 3.63) is 18.1 Å². The number of hydrogen-bond acceptors (Lipinski definition) is 4. The quantitative estimate of drug-likeness (QED) is 0.787. The summed E-state index contributed by atoms with van der Waals surface area (Å²) in [4.78, 5) is 8.02. The highest BCUT2D eigenvalue weighted by Crippen LogP contribution is 2.02. The molecule has 1 rings (SSSR count). The van der Waals surface area contributed by atoms with Gasteiger partial charge in [-0.1, -0.05) is 0 Å². The Morgan fingerprint density at radius 2 is 2.20 bits per heavy atom. The third kappa shape index (κ3) is 4.64. The molecule has 0 amide bonds. The van der Waals surface area contributed by atoms with Gasteiger partial charge in [-0.3, -0.25) is 4.98 Å². The van der Waals surface area contributed by atoms with Crippen LogP contribution >= 0.6 is 0 Å². The highest BCUT2D eigenvalue weighted by atomic mass is 19.3. The fourth-order valence-corrected chi connectivity index (χ4v) is 0.954. The van der Waals surface area contributed by atoms with Crippen molar-refractivity contribution >= 4 is 5.82 Å². The zero-order valence-corrected chi connectivity index (χ0v) is 8.41. The summed E-state index contributed by atoms with van der Waals surface area (Å²) in [5.74, 6) is 0.662. The van der Waals surface area contributed by atoms with Gasteiger partial charge in [0.25, 0.3) is 6.43 Å². The molecule has 0 spiro atoms. The molecule has 0 radical (unpaired) electrons. The lowest BCUT2D eigenvalue weighted by Crippen LogP contribution is -2.06. The van der Waals surface area contributed by atoms with Crippen LogP contribution in [-0.2, 0) is 11.3 Å². The fraction of sp³-hybridized carbons (Fsp3) is 0.556. The highest BCUT2D eigenvalue weighted by molar-refractivity contribution is 5.30. The maximum Gasteiger partial charge on any atom is 0.261 e. The van der Waals surface area contributed by atoms with Crippen LogP contribution < -0.4 is 5.32 Å². The topological polar surface area (TPSA) is 47.0 Å². The lowest BCUT2D eigenvalue weighted by molar-refractivity contribution is 0.00874. The molecule has 0 aliphatic heterocycles. The zero-order chi connectivity index (χ0) is 11.1. The molecule has 0 atom stereocenters. The number of nitrogens with zero attached hydrogens (tertiary/aromatic N) is 2. The second-order valence-corrected chi connectivity index (χ2v) is 2.83. The van der Waals surface area contributed by atoms with Gasteiger partial charge in [-0.15, -0.1) is 0 Å². The molecule has 0 aromatic carbocycles. The summed E-state index contributed by atoms with van der Waals surface area (Å²) < 4.78 is 28.2. The largest absolute Gasteiger partial charge is 0.369 e. The van der Waals surface area contributed by atoms with Crippen molar-refractivity contribution in [1.29, 1.82) is 0 Å².